The van der Waals surface area contributed by atoms with Gasteiger partial charge in [-0.05, 0) is 12.5 Å². The molecule has 2 rings (SSSR count). The SMILES string of the molecule is COCC(N)C(=O)Nc1nnc(Cc2ccc(C)cc2)s1.Cl. The summed E-state index contributed by atoms with van der Waals surface area (Å²) in [5, 5.41) is 12.0. The van der Waals surface area contributed by atoms with Crippen LogP contribution in [0, 0.1) is 6.92 Å². The lowest BCUT2D eigenvalue weighted by Crippen LogP contribution is -2.39. The maximum absolute atomic E-state index is 11.7. The lowest BCUT2D eigenvalue weighted by Gasteiger charge is -2.08. The van der Waals surface area contributed by atoms with Crippen molar-refractivity contribution >= 4 is 34.8 Å². The van der Waals surface area contributed by atoms with E-state index in [9.17, 15) is 4.79 Å². The Hall–Kier alpha value is -1.54. The van der Waals surface area contributed by atoms with Gasteiger partial charge in [0.2, 0.25) is 11.0 Å². The molecule has 1 aromatic carbocycles. The number of halogens is 1. The number of benzene rings is 1. The number of rotatable bonds is 6. The number of carbonyl (C=O) groups excluding carboxylic acids is 1. The minimum atomic E-state index is -0.709. The molecule has 0 spiro atoms. The molecule has 0 aliphatic rings. The summed E-state index contributed by atoms with van der Waals surface area (Å²) in [6, 6.07) is 7.53. The van der Waals surface area contributed by atoms with Gasteiger partial charge in [0.25, 0.3) is 0 Å². The van der Waals surface area contributed by atoms with Gasteiger partial charge in [0, 0.05) is 13.5 Å². The smallest absolute Gasteiger partial charge is 0.245 e. The monoisotopic (exact) mass is 342 g/mol. The van der Waals surface area contributed by atoms with Gasteiger partial charge in [0.1, 0.15) is 11.0 Å². The van der Waals surface area contributed by atoms with Crippen LogP contribution >= 0.6 is 23.7 Å². The first-order valence-corrected chi connectivity index (χ1v) is 7.33. The van der Waals surface area contributed by atoms with Crippen molar-refractivity contribution < 1.29 is 9.53 Å². The van der Waals surface area contributed by atoms with Crippen LogP contribution in [-0.4, -0.2) is 35.9 Å². The van der Waals surface area contributed by atoms with Gasteiger partial charge in [-0.1, -0.05) is 41.2 Å². The van der Waals surface area contributed by atoms with Crippen LogP contribution in [0.3, 0.4) is 0 Å². The molecule has 0 aliphatic carbocycles. The number of hydrogen-bond acceptors (Lipinski definition) is 6. The van der Waals surface area contributed by atoms with Crippen LogP contribution < -0.4 is 11.1 Å². The number of amides is 1. The van der Waals surface area contributed by atoms with Crippen LogP contribution in [0.2, 0.25) is 0 Å². The van der Waals surface area contributed by atoms with Gasteiger partial charge < -0.3 is 10.5 Å². The zero-order valence-electron chi connectivity index (χ0n) is 12.4. The largest absolute Gasteiger partial charge is 0.383 e. The number of methoxy groups -OCH3 is 1. The topological polar surface area (TPSA) is 90.1 Å². The molecule has 3 N–H and O–H groups in total. The van der Waals surface area contributed by atoms with Crippen molar-refractivity contribution in [2.24, 2.45) is 5.73 Å². The summed E-state index contributed by atoms with van der Waals surface area (Å²) in [5.74, 6) is -0.324. The van der Waals surface area contributed by atoms with Gasteiger partial charge in [0.05, 0.1) is 6.61 Å². The first kappa shape index (κ1) is 18.5. The fourth-order valence-corrected chi connectivity index (χ4v) is 2.49. The zero-order valence-corrected chi connectivity index (χ0v) is 14.0. The molecule has 8 heteroatoms. The van der Waals surface area contributed by atoms with Crippen LogP contribution in [0.15, 0.2) is 24.3 Å². The van der Waals surface area contributed by atoms with Gasteiger partial charge in [-0.3, -0.25) is 10.1 Å². The molecule has 1 amide bonds. The van der Waals surface area contributed by atoms with Crippen molar-refractivity contribution in [2.75, 3.05) is 19.0 Å². The molecule has 1 unspecified atom stereocenters. The third-order valence-electron chi connectivity index (χ3n) is 2.86. The second-order valence-corrected chi connectivity index (χ2v) is 5.78. The molecule has 0 fully saturated rings. The first-order chi connectivity index (χ1) is 10.1. The Morgan fingerprint density at radius 2 is 2.05 bits per heavy atom. The number of carbonyl (C=O) groups is 1. The average molecular weight is 343 g/mol. The van der Waals surface area contributed by atoms with Crippen molar-refractivity contribution in [3.63, 3.8) is 0 Å². The van der Waals surface area contributed by atoms with E-state index in [1.165, 1.54) is 24.0 Å². The van der Waals surface area contributed by atoms with E-state index in [0.29, 0.717) is 11.6 Å². The first-order valence-electron chi connectivity index (χ1n) is 6.52. The number of ether oxygens (including phenoxy) is 1. The molecule has 6 nitrogen and oxygen atoms in total. The fraction of sp³-hybridized carbons (Fsp3) is 0.357. The standard InChI is InChI=1S/C14H18N4O2S.ClH/c1-9-3-5-10(6-4-9)7-12-17-18-14(21-12)16-13(19)11(15)8-20-2;/h3-6,11H,7-8,15H2,1-2H3,(H,16,18,19);1H. The zero-order chi connectivity index (χ0) is 15.2. The van der Waals surface area contributed by atoms with E-state index in [2.05, 4.69) is 39.8 Å². The van der Waals surface area contributed by atoms with E-state index in [0.717, 1.165) is 10.6 Å². The van der Waals surface area contributed by atoms with Gasteiger partial charge in [0.15, 0.2) is 0 Å². The van der Waals surface area contributed by atoms with Crippen LogP contribution in [0.1, 0.15) is 16.1 Å². The van der Waals surface area contributed by atoms with Crippen LogP contribution in [0.4, 0.5) is 5.13 Å². The minimum Gasteiger partial charge on any atom is -0.383 e. The van der Waals surface area contributed by atoms with Crippen molar-refractivity contribution in [1.82, 2.24) is 10.2 Å². The van der Waals surface area contributed by atoms with Crippen molar-refractivity contribution in [3.8, 4) is 0 Å². The van der Waals surface area contributed by atoms with Crippen LogP contribution in [0.5, 0.6) is 0 Å². The Kier molecular flexibility index (Phi) is 7.40. The molecule has 0 saturated carbocycles. The highest BCUT2D eigenvalue weighted by atomic mass is 35.5. The summed E-state index contributed by atoms with van der Waals surface area (Å²) in [6.07, 6.45) is 0.692. The molecule has 22 heavy (non-hydrogen) atoms. The minimum absolute atomic E-state index is 0. The number of nitrogens with zero attached hydrogens (tertiary/aromatic N) is 2. The summed E-state index contributed by atoms with van der Waals surface area (Å²) in [6.45, 7) is 2.21. The average Bonchev–Trinajstić information content (AvgIpc) is 2.89. The third-order valence-corrected chi connectivity index (χ3v) is 3.69. The number of nitrogens with two attached hydrogens (primary N) is 1. The van der Waals surface area contributed by atoms with E-state index in [4.69, 9.17) is 10.5 Å². The van der Waals surface area contributed by atoms with Crippen molar-refractivity contribution in [3.05, 3.63) is 40.4 Å². The van der Waals surface area contributed by atoms with E-state index >= 15 is 0 Å². The van der Waals surface area contributed by atoms with E-state index in [-0.39, 0.29) is 24.9 Å². The number of nitrogens with one attached hydrogen (secondary N) is 1. The lowest BCUT2D eigenvalue weighted by atomic mass is 10.1. The molecule has 1 aromatic heterocycles. The normalized spacial score (nSPS) is 11.6. The molecule has 0 saturated heterocycles. The van der Waals surface area contributed by atoms with Gasteiger partial charge in [-0.15, -0.1) is 22.6 Å². The van der Waals surface area contributed by atoms with Gasteiger partial charge in [-0.2, -0.15) is 0 Å². The molecular formula is C14H19ClN4O2S. The predicted octanol–water partition coefficient (Wildman–Crippen LogP) is 1.77. The van der Waals surface area contributed by atoms with Crippen LogP contribution in [-0.2, 0) is 16.0 Å². The molecule has 1 heterocycles. The van der Waals surface area contributed by atoms with Gasteiger partial charge in [-0.25, -0.2) is 0 Å². The second kappa shape index (κ2) is 8.79. The summed E-state index contributed by atoms with van der Waals surface area (Å²) in [5.41, 5.74) is 8.02. The number of aromatic nitrogens is 2. The summed E-state index contributed by atoms with van der Waals surface area (Å²) >= 11 is 1.35. The lowest BCUT2D eigenvalue weighted by molar-refractivity contribution is -0.118. The Morgan fingerprint density at radius 1 is 1.36 bits per heavy atom. The highest BCUT2D eigenvalue weighted by Crippen LogP contribution is 2.18. The molecular weight excluding hydrogens is 324 g/mol. The molecule has 2 aromatic rings. The molecule has 1 atom stereocenters. The number of hydrogen-bond donors (Lipinski definition) is 2. The third kappa shape index (κ3) is 5.34. The van der Waals surface area contributed by atoms with E-state index < -0.39 is 6.04 Å². The second-order valence-electron chi connectivity index (χ2n) is 4.71. The maximum Gasteiger partial charge on any atom is 0.245 e. The number of anilines is 1. The molecule has 120 valence electrons. The van der Waals surface area contributed by atoms with Crippen molar-refractivity contribution in [1.29, 1.82) is 0 Å². The quantitative estimate of drug-likeness (QED) is 0.835. The Balaban J connectivity index is 0.00000242. The number of aryl methyl sites for hydroxylation is 1. The maximum atomic E-state index is 11.7. The Labute approximate surface area is 139 Å². The van der Waals surface area contributed by atoms with Crippen LogP contribution in [0.25, 0.3) is 0 Å². The summed E-state index contributed by atoms with van der Waals surface area (Å²) in [4.78, 5) is 11.7. The molecule has 0 aliphatic heterocycles. The Bertz CT molecular complexity index is 603. The molecule has 0 bridgehead atoms. The van der Waals surface area contributed by atoms with Gasteiger partial charge >= 0.3 is 0 Å². The highest BCUT2D eigenvalue weighted by molar-refractivity contribution is 7.15. The summed E-state index contributed by atoms with van der Waals surface area (Å²) in [7, 11) is 1.50. The fourth-order valence-electron chi connectivity index (χ4n) is 1.71. The van der Waals surface area contributed by atoms with E-state index in [1.54, 1.807) is 0 Å². The van der Waals surface area contributed by atoms with Crippen molar-refractivity contribution in [2.45, 2.75) is 19.4 Å². The highest BCUT2D eigenvalue weighted by Gasteiger charge is 2.15. The summed E-state index contributed by atoms with van der Waals surface area (Å²) < 4.78 is 4.84. The van der Waals surface area contributed by atoms with E-state index in [1.807, 2.05) is 6.92 Å². The predicted molar refractivity (Wildman–Crippen MR) is 89.6 cm³/mol. The Morgan fingerprint density at radius 3 is 2.68 bits per heavy atom. The molecule has 0 radical (unpaired) electrons.